The molecule has 0 bridgehead atoms. The van der Waals surface area contributed by atoms with Crippen LogP contribution in [0.5, 0.6) is 5.75 Å². The number of oxazole rings is 1. The second-order valence-corrected chi connectivity index (χ2v) is 4.26. The van der Waals surface area contributed by atoms with E-state index in [9.17, 15) is 4.79 Å². The number of nitrogens with zero attached hydrogens (tertiary/aromatic N) is 1. The number of benzene rings is 1. The number of fused-ring (bicyclic) bond motifs is 1. The van der Waals surface area contributed by atoms with Gasteiger partial charge in [0.25, 0.3) is 0 Å². The molecule has 5 heteroatoms. The van der Waals surface area contributed by atoms with Crippen molar-refractivity contribution in [1.29, 1.82) is 0 Å². The summed E-state index contributed by atoms with van der Waals surface area (Å²) in [6, 6.07) is 5.48. The van der Waals surface area contributed by atoms with Gasteiger partial charge in [-0.1, -0.05) is 6.07 Å². The van der Waals surface area contributed by atoms with Crippen LogP contribution in [0.1, 0.15) is 6.42 Å². The Bertz CT molecular complexity index is 593. The number of hydrogen-bond acceptors (Lipinski definition) is 4. The second kappa shape index (κ2) is 3.92. The Labute approximate surface area is 98.0 Å². The molecular weight excluding hydrogens is 220 g/mol. The molecule has 0 radical (unpaired) electrons. The van der Waals surface area contributed by atoms with Crippen LogP contribution in [0.3, 0.4) is 0 Å². The van der Waals surface area contributed by atoms with E-state index in [1.807, 2.05) is 12.1 Å². The van der Waals surface area contributed by atoms with Crippen molar-refractivity contribution < 1.29 is 9.15 Å². The number of aromatic nitrogens is 1. The molecule has 5 nitrogen and oxygen atoms in total. The van der Waals surface area contributed by atoms with E-state index in [4.69, 9.17) is 9.15 Å². The van der Waals surface area contributed by atoms with E-state index in [1.165, 1.54) is 4.57 Å². The van der Waals surface area contributed by atoms with Gasteiger partial charge in [0.15, 0.2) is 5.58 Å². The number of rotatable bonds is 2. The molecule has 1 unspecified atom stereocenters. The van der Waals surface area contributed by atoms with Crippen molar-refractivity contribution in [1.82, 2.24) is 9.88 Å². The van der Waals surface area contributed by atoms with E-state index < -0.39 is 0 Å². The molecule has 0 amide bonds. The third kappa shape index (κ3) is 1.72. The van der Waals surface area contributed by atoms with Gasteiger partial charge in [0, 0.05) is 13.6 Å². The lowest BCUT2D eigenvalue weighted by atomic mass is 10.2. The lowest BCUT2D eigenvalue weighted by Crippen LogP contribution is -2.20. The highest BCUT2D eigenvalue weighted by atomic mass is 16.5. The van der Waals surface area contributed by atoms with Crippen LogP contribution in [0.15, 0.2) is 27.4 Å². The fraction of sp³-hybridized carbons (Fsp3) is 0.417. The molecule has 90 valence electrons. The first kappa shape index (κ1) is 10.4. The number of aryl methyl sites for hydroxylation is 1. The largest absolute Gasteiger partial charge is 0.487 e. The Morgan fingerprint density at radius 2 is 2.41 bits per heavy atom. The topological polar surface area (TPSA) is 56.4 Å². The predicted octanol–water partition coefficient (Wildman–Crippen LogP) is 0.872. The average Bonchev–Trinajstić information content (AvgIpc) is 2.90. The number of hydrogen-bond donors (Lipinski definition) is 1. The van der Waals surface area contributed by atoms with Crippen LogP contribution in [0, 0.1) is 0 Å². The Morgan fingerprint density at radius 3 is 3.18 bits per heavy atom. The van der Waals surface area contributed by atoms with Crippen LogP contribution in [0.2, 0.25) is 0 Å². The third-order valence-electron chi connectivity index (χ3n) is 3.08. The molecule has 1 aliphatic rings. The molecule has 1 aromatic carbocycles. The van der Waals surface area contributed by atoms with Gasteiger partial charge in [0.05, 0.1) is 0 Å². The van der Waals surface area contributed by atoms with E-state index in [0.29, 0.717) is 11.3 Å². The standard InChI is InChI=1S/C12H14N2O3/c1-14-11-9(16-8-5-6-13-7-8)3-2-4-10(11)17-12(14)15/h2-4,8,13H,5-7H2,1H3. The van der Waals surface area contributed by atoms with Crippen molar-refractivity contribution in [3.8, 4) is 5.75 Å². The average molecular weight is 234 g/mol. The van der Waals surface area contributed by atoms with Gasteiger partial charge in [-0.3, -0.25) is 4.57 Å². The molecule has 1 fully saturated rings. The Morgan fingerprint density at radius 1 is 1.53 bits per heavy atom. The van der Waals surface area contributed by atoms with Crippen molar-refractivity contribution in [3.63, 3.8) is 0 Å². The maximum Gasteiger partial charge on any atom is 0.419 e. The zero-order chi connectivity index (χ0) is 11.8. The normalized spacial score (nSPS) is 19.9. The minimum Gasteiger partial charge on any atom is -0.487 e. The van der Waals surface area contributed by atoms with Gasteiger partial charge in [0.1, 0.15) is 17.4 Å². The lowest BCUT2D eigenvalue weighted by Gasteiger charge is -2.13. The zero-order valence-electron chi connectivity index (χ0n) is 9.60. The molecule has 0 spiro atoms. The summed E-state index contributed by atoms with van der Waals surface area (Å²) >= 11 is 0. The molecular formula is C12H14N2O3. The summed E-state index contributed by atoms with van der Waals surface area (Å²) in [5.74, 6) is 0.352. The molecule has 2 heterocycles. The van der Waals surface area contributed by atoms with Crippen molar-refractivity contribution in [2.45, 2.75) is 12.5 Å². The Hall–Kier alpha value is -1.75. The molecule has 1 aromatic heterocycles. The first-order valence-corrected chi connectivity index (χ1v) is 5.71. The summed E-state index contributed by atoms with van der Waals surface area (Å²) in [7, 11) is 1.69. The van der Waals surface area contributed by atoms with Crippen LogP contribution in [0.25, 0.3) is 11.1 Å². The van der Waals surface area contributed by atoms with Gasteiger partial charge < -0.3 is 14.5 Å². The highest BCUT2D eigenvalue weighted by Crippen LogP contribution is 2.25. The van der Waals surface area contributed by atoms with E-state index in [-0.39, 0.29) is 11.9 Å². The summed E-state index contributed by atoms with van der Waals surface area (Å²) < 4.78 is 12.5. The quantitative estimate of drug-likeness (QED) is 0.837. The summed E-state index contributed by atoms with van der Waals surface area (Å²) in [6.07, 6.45) is 1.16. The maximum atomic E-state index is 11.5. The Kier molecular flexibility index (Phi) is 2.40. The first-order chi connectivity index (χ1) is 8.25. The van der Waals surface area contributed by atoms with Gasteiger partial charge in [-0.2, -0.15) is 0 Å². The van der Waals surface area contributed by atoms with Crippen LogP contribution in [-0.4, -0.2) is 23.8 Å². The fourth-order valence-electron chi connectivity index (χ4n) is 2.17. The molecule has 0 aliphatic carbocycles. The molecule has 2 aromatic rings. The summed E-state index contributed by atoms with van der Waals surface area (Å²) in [4.78, 5) is 11.5. The molecule has 0 saturated carbocycles. The van der Waals surface area contributed by atoms with E-state index in [1.54, 1.807) is 13.1 Å². The monoisotopic (exact) mass is 234 g/mol. The van der Waals surface area contributed by atoms with Crippen LogP contribution >= 0.6 is 0 Å². The molecule has 3 rings (SSSR count). The van der Waals surface area contributed by atoms with Gasteiger partial charge in [0.2, 0.25) is 0 Å². The van der Waals surface area contributed by atoms with E-state index in [0.717, 1.165) is 25.0 Å². The molecule has 1 saturated heterocycles. The number of para-hydroxylation sites is 1. The van der Waals surface area contributed by atoms with Gasteiger partial charge >= 0.3 is 5.76 Å². The van der Waals surface area contributed by atoms with E-state index >= 15 is 0 Å². The highest BCUT2D eigenvalue weighted by Gasteiger charge is 2.19. The predicted molar refractivity (Wildman–Crippen MR) is 63.4 cm³/mol. The van der Waals surface area contributed by atoms with Crippen molar-refractivity contribution in [3.05, 3.63) is 28.7 Å². The summed E-state index contributed by atoms with van der Waals surface area (Å²) in [5, 5.41) is 3.24. The van der Waals surface area contributed by atoms with Gasteiger partial charge in [-0.15, -0.1) is 0 Å². The number of nitrogens with one attached hydrogen (secondary N) is 1. The molecule has 1 atom stereocenters. The fourth-order valence-corrected chi connectivity index (χ4v) is 2.17. The molecule has 17 heavy (non-hydrogen) atoms. The maximum absolute atomic E-state index is 11.5. The summed E-state index contributed by atoms with van der Waals surface area (Å²) in [5.41, 5.74) is 1.30. The zero-order valence-corrected chi connectivity index (χ0v) is 9.60. The molecule has 1 N–H and O–H groups in total. The van der Waals surface area contributed by atoms with Crippen molar-refractivity contribution in [2.75, 3.05) is 13.1 Å². The van der Waals surface area contributed by atoms with Crippen molar-refractivity contribution >= 4 is 11.1 Å². The Balaban J connectivity index is 2.05. The minimum absolute atomic E-state index is 0.172. The van der Waals surface area contributed by atoms with Crippen LogP contribution in [-0.2, 0) is 7.05 Å². The van der Waals surface area contributed by atoms with Crippen molar-refractivity contribution in [2.24, 2.45) is 7.05 Å². The van der Waals surface area contributed by atoms with Crippen LogP contribution < -0.4 is 15.8 Å². The SMILES string of the molecule is Cn1c(=O)oc2cccc(OC3CCNC3)c21. The lowest BCUT2D eigenvalue weighted by molar-refractivity contribution is 0.225. The minimum atomic E-state index is -0.361. The van der Waals surface area contributed by atoms with Crippen LogP contribution in [0.4, 0.5) is 0 Å². The van der Waals surface area contributed by atoms with Gasteiger partial charge in [-0.05, 0) is 25.1 Å². The van der Waals surface area contributed by atoms with E-state index in [2.05, 4.69) is 5.32 Å². The summed E-state index contributed by atoms with van der Waals surface area (Å²) in [6.45, 7) is 1.83. The highest BCUT2D eigenvalue weighted by molar-refractivity contribution is 5.80. The smallest absolute Gasteiger partial charge is 0.419 e. The number of ether oxygens (including phenoxy) is 1. The van der Waals surface area contributed by atoms with Gasteiger partial charge in [-0.25, -0.2) is 4.79 Å². The molecule has 1 aliphatic heterocycles. The first-order valence-electron chi connectivity index (χ1n) is 5.71. The second-order valence-electron chi connectivity index (χ2n) is 4.26. The third-order valence-corrected chi connectivity index (χ3v) is 3.08.